The lowest BCUT2D eigenvalue weighted by Crippen LogP contribution is -2.41. The van der Waals surface area contributed by atoms with E-state index in [0.717, 1.165) is 25.1 Å². The smallest absolute Gasteiger partial charge is 0.244 e. The third-order valence-electron chi connectivity index (χ3n) is 4.36. The molecule has 1 fully saturated rings. The normalized spacial score (nSPS) is 17.8. The van der Waals surface area contributed by atoms with E-state index in [9.17, 15) is 4.79 Å². The van der Waals surface area contributed by atoms with E-state index in [0.29, 0.717) is 37.1 Å². The Kier molecular flexibility index (Phi) is 5.32. The van der Waals surface area contributed by atoms with Gasteiger partial charge in [0, 0.05) is 32.7 Å². The average molecular weight is 348 g/mol. The fraction of sp³-hybridized carbons (Fsp3) is 0.625. The minimum absolute atomic E-state index is 0.00128. The minimum atomic E-state index is -0.00128. The van der Waals surface area contributed by atoms with Crippen molar-refractivity contribution in [1.29, 1.82) is 0 Å². The highest BCUT2D eigenvalue weighted by atomic mass is 16.5. The van der Waals surface area contributed by atoms with Crippen LogP contribution in [0.15, 0.2) is 10.6 Å². The first-order valence-electron chi connectivity index (χ1n) is 8.46. The number of piperidine rings is 1. The second-order valence-corrected chi connectivity index (χ2v) is 6.34. The van der Waals surface area contributed by atoms with Crippen molar-refractivity contribution in [3.63, 3.8) is 0 Å². The van der Waals surface area contributed by atoms with E-state index in [1.807, 2.05) is 11.8 Å². The van der Waals surface area contributed by atoms with Gasteiger partial charge in [0.15, 0.2) is 5.82 Å². The minimum Gasteiger partial charge on any atom is -0.384 e. The van der Waals surface area contributed by atoms with Crippen LogP contribution in [0.25, 0.3) is 0 Å². The van der Waals surface area contributed by atoms with Crippen LogP contribution in [0.2, 0.25) is 0 Å². The van der Waals surface area contributed by atoms with Gasteiger partial charge in [0.25, 0.3) is 0 Å². The Balaban J connectivity index is 1.61. The van der Waals surface area contributed by atoms with Gasteiger partial charge in [-0.25, -0.2) is 4.68 Å². The number of amides is 1. The Hall–Kier alpha value is -2.42. The van der Waals surface area contributed by atoms with E-state index >= 15 is 0 Å². The molecule has 0 spiro atoms. The van der Waals surface area contributed by atoms with Crippen LogP contribution in [0.3, 0.4) is 0 Å². The van der Waals surface area contributed by atoms with Crippen molar-refractivity contribution < 1.29 is 14.1 Å². The quantitative estimate of drug-likeness (QED) is 0.819. The van der Waals surface area contributed by atoms with Crippen LogP contribution in [0.5, 0.6) is 0 Å². The Morgan fingerprint density at radius 3 is 3.08 bits per heavy atom. The van der Waals surface area contributed by atoms with Gasteiger partial charge in [-0.15, -0.1) is 0 Å². The number of aromatic nitrogens is 4. The monoisotopic (exact) mass is 348 g/mol. The second kappa shape index (κ2) is 7.64. The van der Waals surface area contributed by atoms with Gasteiger partial charge < -0.3 is 19.9 Å². The first-order valence-corrected chi connectivity index (χ1v) is 8.46. The molecule has 1 atom stereocenters. The van der Waals surface area contributed by atoms with Gasteiger partial charge in [0.05, 0.1) is 18.2 Å². The number of rotatable bonds is 6. The average Bonchev–Trinajstić information content (AvgIpc) is 3.19. The number of anilines is 1. The molecule has 1 aliphatic rings. The lowest BCUT2D eigenvalue weighted by atomic mass is 9.98. The summed E-state index contributed by atoms with van der Waals surface area (Å²) in [6, 6.07) is 1.76. The zero-order chi connectivity index (χ0) is 17.8. The zero-order valence-corrected chi connectivity index (χ0v) is 14.6. The van der Waals surface area contributed by atoms with Crippen molar-refractivity contribution in [3.8, 4) is 0 Å². The molecule has 1 amide bonds. The lowest BCUT2D eigenvalue weighted by molar-refractivity contribution is -0.133. The highest BCUT2D eigenvalue weighted by molar-refractivity contribution is 5.76. The summed E-state index contributed by atoms with van der Waals surface area (Å²) in [5.74, 6) is 1.80. The maximum absolute atomic E-state index is 12.6. The van der Waals surface area contributed by atoms with Gasteiger partial charge in [-0.05, 0) is 19.8 Å². The van der Waals surface area contributed by atoms with E-state index in [-0.39, 0.29) is 18.4 Å². The molecular weight excluding hydrogens is 324 g/mol. The van der Waals surface area contributed by atoms with Crippen LogP contribution in [-0.4, -0.2) is 57.5 Å². The maximum atomic E-state index is 12.6. The molecular formula is C16H24N6O3. The third-order valence-corrected chi connectivity index (χ3v) is 4.36. The predicted octanol–water partition coefficient (Wildman–Crippen LogP) is 0.752. The van der Waals surface area contributed by atoms with Gasteiger partial charge in [0.1, 0.15) is 12.4 Å². The van der Waals surface area contributed by atoms with E-state index in [2.05, 4.69) is 15.2 Å². The number of nitrogens with zero attached hydrogens (tertiary/aromatic N) is 5. The molecule has 0 saturated carbocycles. The van der Waals surface area contributed by atoms with Crippen molar-refractivity contribution in [2.24, 2.45) is 0 Å². The van der Waals surface area contributed by atoms with Crippen LogP contribution >= 0.6 is 0 Å². The molecule has 0 aliphatic carbocycles. The van der Waals surface area contributed by atoms with Crippen LogP contribution in [0.1, 0.15) is 36.2 Å². The van der Waals surface area contributed by atoms with Gasteiger partial charge >= 0.3 is 0 Å². The van der Waals surface area contributed by atoms with Crippen molar-refractivity contribution in [2.75, 3.05) is 32.5 Å². The molecule has 1 aliphatic heterocycles. The molecule has 0 aromatic carbocycles. The summed E-state index contributed by atoms with van der Waals surface area (Å²) >= 11 is 0. The largest absolute Gasteiger partial charge is 0.384 e. The SMILES string of the molecule is COCCc1noc(C2CCCN(C(=O)Cn3nc(C)cc3N)C2)n1. The molecule has 136 valence electrons. The number of carbonyl (C=O) groups is 1. The van der Waals surface area contributed by atoms with Crippen LogP contribution < -0.4 is 5.73 Å². The molecule has 9 nitrogen and oxygen atoms in total. The molecule has 1 unspecified atom stereocenters. The fourth-order valence-electron chi connectivity index (χ4n) is 3.05. The molecule has 2 aromatic rings. The Labute approximate surface area is 146 Å². The number of aryl methyl sites for hydroxylation is 1. The molecule has 2 N–H and O–H groups in total. The van der Waals surface area contributed by atoms with Gasteiger partial charge in [0.2, 0.25) is 11.8 Å². The standard InChI is InChI=1S/C16H24N6O3/c1-11-8-13(17)22(19-11)10-15(23)21-6-3-4-12(9-21)16-18-14(20-25-16)5-7-24-2/h8,12H,3-7,9-10,17H2,1-2H3. The number of likely N-dealkylation sites (tertiary alicyclic amines) is 1. The number of ether oxygens (including phenoxy) is 1. The highest BCUT2D eigenvalue weighted by Gasteiger charge is 2.28. The molecule has 0 radical (unpaired) electrons. The van der Waals surface area contributed by atoms with Crippen LogP contribution in [0, 0.1) is 6.92 Å². The van der Waals surface area contributed by atoms with Gasteiger partial charge in [-0.1, -0.05) is 5.16 Å². The first kappa shape index (κ1) is 17.4. The van der Waals surface area contributed by atoms with Crippen molar-refractivity contribution in [2.45, 2.75) is 38.6 Å². The van der Waals surface area contributed by atoms with E-state index in [1.54, 1.807) is 13.2 Å². The molecule has 2 aromatic heterocycles. The molecule has 0 bridgehead atoms. The summed E-state index contributed by atoms with van der Waals surface area (Å²) in [5, 5.41) is 8.23. The summed E-state index contributed by atoms with van der Waals surface area (Å²) in [7, 11) is 1.64. The number of carbonyl (C=O) groups excluding carboxylic acids is 1. The molecule has 9 heteroatoms. The summed E-state index contributed by atoms with van der Waals surface area (Å²) in [5.41, 5.74) is 6.67. The Morgan fingerprint density at radius 1 is 1.52 bits per heavy atom. The van der Waals surface area contributed by atoms with E-state index in [1.165, 1.54) is 4.68 Å². The highest BCUT2D eigenvalue weighted by Crippen LogP contribution is 2.26. The zero-order valence-electron chi connectivity index (χ0n) is 14.6. The molecule has 25 heavy (non-hydrogen) atoms. The van der Waals surface area contributed by atoms with Crippen LogP contribution in [-0.2, 0) is 22.5 Å². The van der Waals surface area contributed by atoms with Crippen molar-refractivity contribution in [3.05, 3.63) is 23.5 Å². The summed E-state index contributed by atoms with van der Waals surface area (Å²) in [6.07, 6.45) is 2.45. The third kappa shape index (κ3) is 4.16. The molecule has 1 saturated heterocycles. The molecule has 3 heterocycles. The van der Waals surface area contributed by atoms with E-state index in [4.69, 9.17) is 15.0 Å². The first-order chi connectivity index (χ1) is 12.1. The van der Waals surface area contributed by atoms with Gasteiger partial charge in [-0.2, -0.15) is 10.1 Å². The summed E-state index contributed by atoms with van der Waals surface area (Å²) < 4.78 is 11.9. The lowest BCUT2D eigenvalue weighted by Gasteiger charge is -2.31. The fourth-order valence-corrected chi connectivity index (χ4v) is 3.05. The van der Waals surface area contributed by atoms with Crippen molar-refractivity contribution in [1.82, 2.24) is 24.8 Å². The summed E-state index contributed by atoms with van der Waals surface area (Å²) in [6.45, 7) is 3.85. The van der Waals surface area contributed by atoms with Crippen LogP contribution in [0.4, 0.5) is 5.82 Å². The second-order valence-electron chi connectivity index (χ2n) is 6.34. The Bertz CT molecular complexity index is 725. The van der Waals surface area contributed by atoms with E-state index < -0.39 is 0 Å². The van der Waals surface area contributed by atoms with Crippen molar-refractivity contribution >= 4 is 11.7 Å². The van der Waals surface area contributed by atoms with Gasteiger partial charge in [-0.3, -0.25) is 4.79 Å². The number of methoxy groups -OCH3 is 1. The molecule has 3 rings (SSSR count). The summed E-state index contributed by atoms with van der Waals surface area (Å²) in [4.78, 5) is 18.8. The Morgan fingerprint density at radius 2 is 2.36 bits per heavy atom. The topological polar surface area (TPSA) is 112 Å². The number of hydrogen-bond donors (Lipinski definition) is 1. The number of nitrogens with two attached hydrogens (primary N) is 1. The predicted molar refractivity (Wildman–Crippen MR) is 89.8 cm³/mol. The number of nitrogen functional groups attached to an aromatic ring is 1. The number of hydrogen-bond acceptors (Lipinski definition) is 7. The maximum Gasteiger partial charge on any atom is 0.244 e.